The minimum atomic E-state index is -0.201. The standard InChI is InChI=1S/C22H25ClN2O4/c1-28-18-8-5-16(6-9-18)22(27)25-12-3-2-11-24-21(26)19-15-17(23)7-10-20(19)29-14-4-13-25/h5-10,15H,2-4,11-14H2,1H3,(H,24,26). The number of carbonyl (C=O) groups excluding carboxylic acids is 2. The average molecular weight is 417 g/mol. The number of ether oxygens (including phenoxy) is 2. The van der Waals surface area contributed by atoms with Crippen LogP contribution in [-0.4, -0.2) is 50.1 Å². The third-order valence-electron chi connectivity index (χ3n) is 4.78. The number of hydrogen-bond acceptors (Lipinski definition) is 4. The molecule has 7 heteroatoms. The number of amides is 2. The van der Waals surface area contributed by atoms with Crippen molar-refractivity contribution in [2.24, 2.45) is 0 Å². The van der Waals surface area contributed by atoms with Crippen molar-refractivity contribution in [2.45, 2.75) is 19.3 Å². The Labute approximate surface area is 175 Å². The van der Waals surface area contributed by atoms with E-state index in [0.29, 0.717) is 54.6 Å². The van der Waals surface area contributed by atoms with Gasteiger partial charge in [0, 0.05) is 30.2 Å². The molecule has 0 atom stereocenters. The molecule has 1 aliphatic heterocycles. The van der Waals surface area contributed by atoms with Gasteiger partial charge in [-0.25, -0.2) is 0 Å². The smallest absolute Gasteiger partial charge is 0.255 e. The number of methoxy groups -OCH3 is 1. The van der Waals surface area contributed by atoms with Gasteiger partial charge in [0.2, 0.25) is 0 Å². The first-order valence-corrected chi connectivity index (χ1v) is 10.1. The number of rotatable bonds is 2. The highest BCUT2D eigenvalue weighted by Crippen LogP contribution is 2.23. The zero-order valence-corrected chi connectivity index (χ0v) is 17.2. The van der Waals surface area contributed by atoms with Gasteiger partial charge in [0.05, 0.1) is 19.3 Å². The molecule has 0 unspecified atom stereocenters. The van der Waals surface area contributed by atoms with E-state index >= 15 is 0 Å². The third-order valence-corrected chi connectivity index (χ3v) is 5.02. The van der Waals surface area contributed by atoms with Crippen molar-refractivity contribution in [1.29, 1.82) is 0 Å². The Morgan fingerprint density at radius 3 is 2.62 bits per heavy atom. The topological polar surface area (TPSA) is 67.9 Å². The molecular weight excluding hydrogens is 392 g/mol. The van der Waals surface area contributed by atoms with Crippen molar-refractivity contribution in [3.63, 3.8) is 0 Å². The molecule has 0 aromatic heterocycles. The maximum atomic E-state index is 12.9. The molecule has 0 aliphatic carbocycles. The second-order valence-electron chi connectivity index (χ2n) is 6.83. The van der Waals surface area contributed by atoms with Gasteiger partial charge in [-0.3, -0.25) is 9.59 Å². The van der Waals surface area contributed by atoms with Gasteiger partial charge in [0.15, 0.2) is 0 Å². The Kier molecular flexibility index (Phi) is 7.36. The quantitative estimate of drug-likeness (QED) is 0.808. The Hall–Kier alpha value is -2.73. The second kappa shape index (κ2) is 10.2. The van der Waals surface area contributed by atoms with E-state index in [1.807, 2.05) is 4.90 Å². The van der Waals surface area contributed by atoms with Crippen LogP contribution in [0.25, 0.3) is 0 Å². The maximum Gasteiger partial charge on any atom is 0.255 e. The zero-order chi connectivity index (χ0) is 20.6. The monoisotopic (exact) mass is 416 g/mol. The summed E-state index contributed by atoms with van der Waals surface area (Å²) in [6.45, 7) is 2.12. The Balaban J connectivity index is 1.70. The van der Waals surface area contributed by atoms with Crippen molar-refractivity contribution < 1.29 is 19.1 Å². The van der Waals surface area contributed by atoms with Crippen LogP contribution in [0.2, 0.25) is 5.02 Å². The minimum Gasteiger partial charge on any atom is -0.497 e. The van der Waals surface area contributed by atoms with Gasteiger partial charge in [0.25, 0.3) is 11.8 Å². The molecule has 29 heavy (non-hydrogen) atoms. The molecule has 0 bridgehead atoms. The van der Waals surface area contributed by atoms with E-state index in [4.69, 9.17) is 21.1 Å². The van der Waals surface area contributed by atoms with Gasteiger partial charge in [-0.2, -0.15) is 0 Å². The Morgan fingerprint density at radius 2 is 1.86 bits per heavy atom. The number of carbonyl (C=O) groups is 2. The Morgan fingerprint density at radius 1 is 1.10 bits per heavy atom. The van der Waals surface area contributed by atoms with E-state index in [9.17, 15) is 9.59 Å². The van der Waals surface area contributed by atoms with Crippen LogP contribution in [0.1, 0.15) is 40.0 Å². The molecule has 2 aromatic rings. The first-order chi connectivity index (χ1) is 14.1. The van der Waals surface area contributed by atoms with Gasteiger partial charge < -0.3 is 19.7 Å². The normalized spacial score (nSPS) is 15.7. The van der Waals surface area contributed by atoms with Crippen LogP contribution in [0.4, 0.5) is 0 Å². The van der Waals surface area contributed by atoms with Gasteiger partial charge >= 0.3 is 0 Å². The van der Waals surface area contributed by atoms with Gasteiger partial charge in [-0.05, 0) is 61.7 Å². The second-order valence-corrected chi connectivity index (χ2v) is 7.26. The summed E-state index contributed by atoms with van der Waals surface area (Å²) in [4.78, 5) is 27.2. The lowest BCUT2D eigenvalue weighted by atomic mass is 10.1. The molecule has 0 saturated carbocycles. The van der Waals surface area contributed by atoms with Gasteiger partial charge in [-0.1, -0.05) is 11.6 Å². The van der Waals surface area contributed by atoms with Gasteiger partial charge in [0.1, 0.15) is 11.5 Å². The fourth-order valence-corrected chi connectivity index (χ4v) is 3.37. The van der Waals surface area contributed by atoms with E-state index in [0.717, 1.165) is 18.6 Å². The number of fused-ring (bicyclic) bond motifs is 1. The minimum absolute atomic E-state index is 0.0151. The van der Waals surface area contributed by atoms with Crippen LogP contribution in [0.3, 0.4) is 0 Å². The van der Waals surface area contributed by atoms with Crippen molar-refractivity contribution in [3.8, 4) is 11.5 Å². The summed E-state index contributed by atoms with van der Waals surface area (Å²) in [5.41, 5.74) is 1.06. The van der Waals surface area contributed by atoms with Crippen molar-refractivity contribution >= 4 is 23.4 Å². The molecule has 2 amide bonds. The summed E-state index contributed by atoms with van der Waals surface area (Å²) in [5.74, 6) is 1.00. The average Bonchev–Trinajstić information content (AvgIpc) is 2.76. The number of hydrogen-bond donors (Lipinski definition) is 1. The molecule has 3 rings (SSSR count). The summed E-state index contributed by atoms with van der Waals surface area (Å²) in [5, 5.41) is 3.39. The lowest BCUT2D eigenvalue weighted by Gasteiger charge is -2.23. The molecule has 0 saturated heterocycles. The van der Waals surface area contributed by atoms with Gasteiger partial charge in [-0.15, -0.1) is 0 Å². The zero-order valence-electron chi connectivity index (χ0n) is 16.4. The van der Waals surface area contributed by atoms with Crippen molar-refractivity contribution in [3.05, 3.63) is 58.6 Å². The summed E-state index contributed by atoms with van der Waals surface area (Å²) in [6.07, 6.45) is 2.23. The van der Waals surface area contributed by atoms with Crippen LogP contribution < -0.4 is 14.8 Å². The summed E-state index contributed by atoms with van der Waals surface area (Å²) in [6, 6.07) is 12.1. The lowest BCUT2D eigenvalue weighted by Crippen LogP contribution is -2.34. The molecule has 1 N–H and O–H groups in total. The van der Waals surface area contributed by atoms with Crippen LogP contribution in [0, 0.1) is 0 Å². The van der Waals surface area contributed by atoms with E-state index in [-0.39, 0.29) is 11.8 Å². The Bertz CT molecular complexity index is 854. The largest absolute Gasteiger partial charge is 0.497 e. The molecule has 1 heterocycles. The maximum absolute atomic E-state index is 12.9. The first-order valence-electron chi connectivity index (χ1n) is 9.72. The SMILES string of the molecule is COc1ccc(C(=O)N2CCCCNC(=O)c3cc(Cl)ccc3OCCC2)cc1. The van der Waals surface area contributed by atoms with E-state index in [2.05, 4.69) is 5.32 Å². The van der Waals surface area contributed by atoms with Crippen LogP contribution in [-0.2, 0) is 0 Å². The molecule has 0 spiro atoms. The lowest BCUT2D eigenvalue weighted by molar-refractivity contribution is 0.0743. The van der Waals surface area contributed by atoms with Crippen molar-refractivity contribution in [2.75, 3.05) is 33.4 Å². The molecule has 154 valence electrons. The predicted molar refractivity (Wildman–Crippen MR) is 112 cm³/mol. The molecule has 0 fully saturated rings. The number of benzene rings is 2. The molecule has 1 aliphatic rings. The fourth-order valence-electron chi connectivity index (χ4n) is 3.20. The van der Waals surface area contributed by atoms with E-state index < -0.39 is 0 Å². The fraction of sp³-hybridized carbons (Fsp3) is 0.364. The number of halogens is 1. The summed E-state index contributed by atoms with van der Waals surface area (Å²) in [7, 11) is 1.60. The summed E-state index contributed by atoms with van der Waals surface area (Å²) < 4.78 is 11.0. The highest BCUT2D eigenvalue weighted by molar-refractivity contribution is 6.31. The molecule has 6 nitrogen and oxygen atoms in total. The van der Waals surface area contributed by atoms with Crippen molar-refractivity contribution in [1.82, 2.24) is 10.2 Å². The number of nitrogens with zero attached hydrogens (tertiary/aromatic N) is 1. The third kappa shape index (κ3) is 5.64. The van der Waals surface area contributed by atoms with Crippen LogP contribution >= 0.6 is 11.6 Å². The predicted octanol–water partition coefficient (Wildman–Crippen LogP) is 3.78. The highest BCUT2D eigenvalue weighted by atomic mass is 35.5. The van der Waals surface area contributed by atoms with E-state index in [1.54, 1.807) is 49.6 Å². The molecular formula is C22H25ClN2O4. The molecule has 2 aromatic carbocycles. The summed E-state index contributed by atoms with van der Waals surface area (Å²) >= 11 is 6.04. The van der Waals surface area contributed by atoms with E-state index in [1.165, 1.54) is 0 Å². The van der Waals surface area contributed by atoms with Crippen LogP contribution in [0.15, 0.2) is 42.5 Å². The van der Waals surface area contributed by atoms with Crippen LogP contribution in [0.5, 0.6) is 11.5 Å². The highest BCUT2D eigenvalue weighted by Gasteiger charge is 2.18. The molecule has 0 radical (unpaired) electrons. The number of nitrogens with one attached hydrogen (secondary N) is 1. The first kappa shape index (κ1) is 21.0.